The Morgan fingerprint density at radius 3 is 2.40 bits per heavy atom. The van der Waals surface area contributed by atoms with Crippen LogP contribution >= 0.6 is 0 Å². The highest BCUT2D eigenvalue weighted by Crippen LogP contribution is 2.53. The molecule has 3 nitrogen and oxygen atoms in total. The predicted molar refractivity (Wildman–Crippen MR) is 63.2 cm³/mol. The van der Waals surface area contributed by atoms with E-state index in [1.807, 2.05) is 0 Å². The first-order valence-corrected chi connectivity index (χ1v) is 10.9. The van der Waals surface area contributed by atoms with E-state index in [0.29, 0.717) is 5.76 Å². The van der Waals surface area contributed by atoms with Crippen LogP contribution < -0.4 is 0 Å². The van der Waals surface area contributed by atoms with Gasteiger partial charge in [-0.3, -0.25) is 4.79 Å². The largest absolute Gasteiger partial charge is 0.542 e. The predicted octanol–water partition coefficient (Wildman–Crippen LogP) is 1.91. The fourth-order valence-electron chi connectivity index (χ4n) is 1.87. The van der Waals surface area contributed by atoms with Crippen LogP contribution in [0.4, 0.5) is 0 Å². The number of rotatable bonds is 3. The van der Waals surface area contributed by atoms with E-state index in [1.54, 1.807) is 13.2 Å². The number of allylic oxidation sites excluding steroid dienone is 3. The summed E-state index contributed by atoms with van der Waals surface area (Å²) in [6.07, 6.45) is 1.69. The minimum atomic E-state index is -1.81. The Balaban J connectivity index is 2.31. The summed E-state index contributed by atoms with van der Waals surface area (Å²) in [5.74, 6) is 0.615. The van der Waals surface area contributed by atoms with Gasteiger partial charge < -0.3 is 8.85 Å². The number of carbonyl (C=O) groups excluding carboxylic acids is 1. The monoisotopic (exact) mass is 240 g/mol. The fraction of sp³-hybridized carbons (Fsp3) is 0.500. The second-order valence-electron chi connectivity index (χ2n) is 5.08. The van der Waals surface area contributed by atoms with E-state index in [1.165, 1.54) is 0 Å². The first-order valence-electron chi connectivity index (χ1n) is 5.05. The van der Waals surface area contributed by atoms with Gasteiger partial charge in [0, 0.05) is 12.3 Å². The SMILES string of the molecule is CO[Si]1(C)C2=CC(=O)C(O[Si](C)(C)C)=C21. The van der Waals surface area contributed by atoms with Crippen LogP contribution in [0.25, 0.3) is 0 Å². The molecule has 0 radical (unpaired) electrons. The smallest absolute Gasteiger partial charge is 0.256 e. The zero-order valence-electron chi connectivity index (χ0n) is 9.80. The summed E-state index contributed by atoms with van der Waals surface area (Å²) >= 11 is 0. The molecule has 0 aromatic rings. The number of hydrogen-bond acceptors (Lipinski definition) is 3. The van der Waals surface area contributed by atoms with Gasteiger partial charge >= 0.3 is 0 Å². The van der Waals surface area contributed by atoms with Gasteiger partial charge in [0.2, 0.25) is 14.1 Å². The molecule has 5 heteroatoms. The van der Waals surface area contributed by atoms with Crippen LogP contribution in [0, 0.1) is 0 Å². The van der Waals surface area contributed by atoms with E-state index >= 15 is 0 Å². The number of ketones is 1. The Bertz CT molecular complexity index is 403. The molecule has 1 aliphatic carbocycles. The molecule has 2 rings (SSSR count). The molecule has 15 heavy (non-hydrogen) atoms. The molecule has 1 unspecified atom stereocenters. The Kier molecular flexibility index (Phi) is 2.12. The van der Waals surface area contributed by atoms with Crippen molar-refractivity contribution in [3.63, 3.8) is 0 Å². The van der Waals surface area contributed by atoms with Crippen molar-refractivity contribution in [3.8, 4) is 0 Å². The molecule has 1 fully saturated rings. The lowest BCUT2D eigenvalue weighted by Gasteiger charge is -2.20. The van der Waals surface area contributed by atoms with Crippen LogP contribution in [-0.4, -0.2) is 29.5 Å². The van der Waals surface area contributed by atoms with Crippen LogP contribution in [0.2, 0.25) is 26.2 Å². The maximum absolute atomic E-state index is 11.6. The van der Waals surface area contributed by atoms with Crippen molar-refractivity contribution >= 4 is 22.4 Å². The van der Waals surface area contributed by atoms with Crippen molar-refractivity contribution in [2.75, 3.05) is 7.11 Å². The molecule has 82 valence electrons. The summed E-state index contributed by atoms with van der Waals surface area (Å²) in [4.78, 5) is 11.6. The standard InChI is InChI=1S/C10H16O3Si2/c1-12-15(5)8-6-7(11)9(10(8)15)13-14(2,3)4/h6H,1-5H3. The number of fused-ring (bicyclic) bond motifs is 1. The second kappa shape index (κ2) is 2.93. The van der Waals surface area contributed by atoms with Crippen molar-refractivity contribution in [3.05, 3.63) is 22.2 Å². The van der Waals surface area contributed by atoms with Crippen LogP contribution in [0.3, 0.4) is 0 Å². The molecule has 2 aliphatic rings. The molecule has 0 saturated carbocycles. The molecule has 1 heterocycles. The Morgan fingerprint density at radius 1 is 1.33 bits per heavy atom. The van der Waals surface area contributed by atoms with Crippen molar-refractivity contribution in [2.24, 2.45) is 0 Å². The van der Waals surface area contributed by atoms with E-state index in [-0.39, 0.29) is 5.78 Å². The molecule has 0 spiro atoms. The maximum Gasteiger partial charge on any atom is 0.256 e. The third-order valence-corrected chi connectivity index (χ3v) is 7.00. The summed E-state index contributed by atoms with van der Waals surface area (Å²) < 4.78 is 11.3. The minimum absolute atomic E-state index is 0.0319. The lowest BCUT2D eigenvalue weighted by atomic mass is 10.4. The fourth-order valence-corrected chi connectivity index (χ4v) is 5.70. The van der Waals surface area contributed by atoms with Crippen LogP contribution in [0.1, 0.15) is 0 Å². The van der Waals surface area contributed by atoms with E-state index in [4.69, 9.17) is 8.85 Å². The molecule has 0 aromatic carbocycles. The molecule has 0 N–H and O–H groups in total. The molecular formula is C10H16O3Si2. The van der Waals surface area contributed by atoms with Crippen LogP contribution in [0.15, 0.2) is 22.2 Å². The Morgan fingerprint density at radius 2 is 1.93 bits per heavy atom. The molecule has 1 saturated heterocycles. The summed E-state index contributed by atoms with van der Waals surface area (Å²) in [5, 5.41) is 2.22. The summed E-state index contributed by atoms with van der Waals surface area (Å²) in [6.45, 7) is 8.36. The van der Waals surface area contributed by atoms with Gasteiger partial charge in [-0.25, -0.2) is 0 Å². The van der Waals surface area contributed by atoms with Gasteiger partial charge in [0.25, 0.3) is 8.32 Å². The van der Waals surface area contributed by atoms with Gasteiger partial charge in [-0.1, -0.05) is 0 Å². The van der Waals surface area contributed by atoms with Gasteiger partial charge in [-0.2, -0.15) is 0 Å². The highest BCUT2D eigenvalue weighted by molar-refractivity contribution is 7.03. The first kappa shape index (κ1) is 10.8. The van der Waals surface area contributed by atoms with E-state index < -0.39 is 16.6 Å². The van der Waals surface area contributed by atoms with Gasteiger partial charge in [0.15, 0.2) is 5.76 Å². The number of hydrogen-bond donors (Lipinski definition) is 0. The lowest BCUT2D eigenvalue weighted by molar-refractivity contribution is -0.113. The molecule has 0 aromatic heterocycles. The van der Waals surface area contributed by atoms with E-state index in [9.17, 15) is 4.79 Å². The first-order chi connectivity index (χ1) is 6.79. The van der Waals surface area contributed by atoms with Crippen molar-refractivity contribution < 1.29 is 13.6 Å². The average Bonchev–Trinajstić information content (AvgIpc) is 2.51. The molecule has 1 atom stereocenters. The second-order valence-corrected chi connectivity index (χ2v) is 13.0. The van der Waals surface area contributed by atoms with E-state index in [0.717, 1.165) is 10.4 Å². The molecule has 0 bridgehead atoms. The average molecular weight is 240 g/mol. The highest BCUT2D eigenvalue weighted by Gasteiger charge is 2.62. The van der Waals surface area contributed by atoms with Crippen LogP contribution in [0.5, 0.6) is 0 Å². The van der Waals surface area contributed by atoms with Gasteiger partial charge in [0.05, 0.1) is 0 Å². The third-order valence-electron chi connectivity index (χ3n) is 2.74. The number of carbonyl (C=O) groups is 1. The normalized spacial score (nSPS) is 29.1. The Hall–Kier alpha value is -0.656. The lowest BCUT2D eigenvalue weighted by Crippen LogP contribution is -2.28. The van der Waals surface area contributed by atoms with Gasteiger partial charge in [-0.05, 0) is 37.5 Å². The maximum atomic E-state index is 11.6. The topological polar surface area (TPSA) is 35.5 Å². The summed E-state index contributed by atoms with van der Waals surface area (Å²) in [5.41, 5.74) is 0. The highest BCUT2D eigenvalue weighted by atomic mass is 28.4. The summed E-state index contributed by atoms with van der Waals surface area (Å²) in [7, 11) is -1.80. The molecular weight excluding hydrogens is 224 g/mol. The molecule has 0 amide bonds. The van der Waals surface area contributed by atoms with Gasteiger partial charge in [0.1, 0.15) is 0 Å². The van der Waals surface area contributed by atoms with Gasteiger partial charge in [-0.15, -0.1) is 0 Å². The van der Waals surface area contributed by atoms with Crippen molar-refractivity contribution in [1.82, 2.24) is 0 Å². The molecule has 1 aliphatic heterocycles. The van der Waals surface area contributed by atoms with Crippen molar-refractivity contribution in [2.45, 2.75) is 26.2 Å². The third kappa shape index (κ3) is 1.54. The van der Waals surface area contributed by atoms with Crippen molar-refractivity contribution in [1.29, 1.82) is 0 Å². The zero-order valence-corrected chi connectivity index (χ0v) is 11.8. The Labute approximate surface area is 92.0 Å². The van der Waals surface area contributed by atoms with E-state index in [2.05, 4.69) is 26.2 Å². The minimum Gasteiger partial charge on any atom is -0.542 e. The zero-order chi connectivity index (χ0) is 11.4. The summed E-state index contributed by atoms with van der Waals surface area (Å²) in [6, 6.07) is 0. The quantitative estimate of drug-likeness (QED) is 0.707. The van der Waals surface area contributed by atoms with Crippen LogP contribution in [-0.2, 0) is 13.6 Å².